The highest BCUT2D eigenvalue weighted by atomic mass is 19.1. The van der Waals surface area contributed by atoms with E-state index in [0.717, 1.165) is 30.6 Å². The molecule has 2 amide bonds. The molecule has 2 fully saturated rings. The lowest BCUT2D eigenvalue weighted by atomic mass is 10.0. The highest BCUT2D eigenvalue weighted by molar-refractivity contribution is 5.90. The van der Waals surface area contributed by atoms with Crippen LogP contribution in [-0.2, 0) is 9.59 Å². The number of nitrogens with zero attached hydrogens (tertiary/aromatic N) is 1. The number of hydrogen-bond donors (Lipinski definition) is 2. The molecule has 2 aliphatic heterocycles. The van der Waals surface area contributed by atoms with E-state index in [1.165, 1.54) is 12.1 Å². The SMILES string of the molecule is Cc1cc(F)ccc1N1CCC[C@@H](NC(=O)[C@H]2CCC(=O)N2)C1. The standard InChI is InChI=1S/C17H22FN3O2/c1-11-9-12(18)4-6-15(11)21-8-2-3-13(10-21)19-17(23)14-5-7-16(22)20-14/h4,6,9,13-14H,2-3,5,7-8,10H2,1H3,(H,19,23)(H,20,22)/t13-,14-/m1/s1. The first kappa shape index (κ1) is 15.8. The molecule has 3 rings (SSSR count). The van der Waals surface area contributed by atoms with Crippen LogP contribution in [0.3, 0.4) is 0 Å². The van der Waals surface area contributed by atoms with Crippen molar-refractivity contribution in [1.82, 2.24) is 10.6 Å². The van der Waals surface area contributed by atoms with Gasteiger partial charge in [-0.3, -0.25) is 9.59 Å². The van der Waals surface area contributed by atoms with Gasteiger partial charge in [-0.1, -0.05) is 0 Å². The third-order valence-corrected chi connectivity index (χ3v) is 4.58. The first-order chi connectivity index (χ1) is 11.0. The number of carbonyl (C=O) groups is 2. The average molecular weight is 319 g/mol. The molecule has 1 aromatic carbocycles. The van der Waals surface area contributed by atoms with Crippen molar-refractivity contribution in [2.45, 2.75) is 44.7 Å². The Labute approximate surface area is 135 Å². The largest absolute Gasteiger partial charge is 0.369 e. The van der Waals surface area contributed by atoms with Crippen LogP contribution in [0.25, 0.3) is 0 Å². The van der Waals surface area contributed by atoms with Gasteiger partial charge in [0.2, 0.25) is 11.8 Å². The number of aryl methyl sites for hydroxylation is 1. The van der Waals surface area contributed by atoms with E-state index in [-0.39, 0.29) is 23.7 Å². The minimum absolute atomic E-state index is 0.0539. The van der Waals surface area contributed by atoms with Crippen LogP contribution in [0.5, 0.6) is 0 Å². The number of halogens is 1. The molecule has 2 heterocycles. The normalized spacial score (nSPS) is 24.4. The molecular formula is C17H22FN3O2. The predicted octanol–water partition coefficient (Wildman–Crippen LogP) is 1.50. The van der Waals surface area contributed by atoms with Crippen LogP contribution in [0.4, 0.5) is 10.1 Å². The second-order valence-electron chi connectivity index (χ2n) is 6.38. The quantitative estimate of drug-likeness (QED) is 0.887. The third kappa shape index (κ3) is 3.63. The van der Waals surface area contributed by atoms with Crippen molar-refractivity contribution >= 4 is 17.5 Å². The second-order valence-corrected chi connectivity index (χ2v) is 6.38. The molecule has 2 N–H and O–H groups in total. The summed E-state index contributed by atoms with van der Waals surface area (Å²) in [5.41, 5.74) is 1.92. The van der Waals surface area contributed by atoms with Crippen molar-refractivity contribution in [3.8, 4) is 0 Å². The van der Waals surface area contributed by atoms with Crippen molar-refractivity contribution in [3.05, 3.63) is 29.6 Å². The maximum atomic E-state index is 13.3. The van der Waals surface area contributed by atoms with Crippen molar-refractivity contribution in [2.75, 3.05) is 18.0 Å². The molecule has 0 aliphatic carbocycles. The van der Waals surface area contributed by atoms with Crippen molar-refractivity contribution in [2.24, 2.45) is 0 Å². The lowest BCUT2D eigenvalue weighted by molar-refractivity contribution is -0.126. The minimum Gasteiger partial charge on any atom is -0.369 e. The van der Waals surface area contributed by atoms with Crippen molar-refractivity contribution < 1.29 is 14.0 Å². The summed E-state index contributed by atoms with van der Waals surface area (Å²) < 4.78 is 13.3. The van der Waals surface area contributed by atoms with Gasteiger partial charge in [0.25, 0.3) is 0 Å². The summed E-state index contributed by atoms with van der Waals surface area (Å²) in [7, 11) is 0. The van der Waals surface area contributed by atoms with Gasteiger partial charge in [-0.05, 0) is 49.9 Å². The molecule has 23 heavy (non-hydrogen) atoms. The molecule has 2 saturated heterocycles. The maximum Gasteiger partial charge on any atom is 0.242 e. The zero-order valence-electron chi connectivity index (χ0n) is 13.3. The highest BCUT2D eigenvalue weighted by Gasteiger charge is 2.30. The Morgan fingerprint density at radius 3 is 2.91 bits per heavy atom. The first-order valence-corrected chi connectivity index (χ1v) is 8.14. The van der Waals surface area contributed by atoms with Gasteiger partial charge in [-0.25, -0.2) is 4.39 Å². The Hall–Kier alpha value is -2.11. The van der Waals surface area contributed by atoms with E-state index in [1.54, 1.807) is 6.07 Å². The van der Waals surface area contributed by atoms with E-state index in [0.29, 0.717) is 19.4 Å². The lowest BCUT2D eigenvalue weighted by Crippen LogP contribution is -2.52. The molecule has 0 saturated carbocycles. The molecule has 0 radical (unpaired) electrons. The van der Waals surface area contributed by atoms with E-state index in [2.05, 4.69) is 15.5 Å². The number of benzene rings is 1. The van der Waals surface area contributed by atoms with Gasteiger partial charge in [0.1, 0.15) is 11.9 Å². The lowest BCUT2D eigenvalue weighted by Gasteiger charge is -2.36. The summed E-state index contributed by atoms with van der Waals surface area (Å²) in [5.74, 6) is -0.388. The second kappa shape index (κ2) is 6.56. The number of carbonyl (C=O) groups excluding carboxylic acids is 2. The summed E-state index contributed by atoms with van der Waals surface area (Å²) in [6, 6.07) is 4.46. The monoisotopic (exact) mass is 319 g/mol. The zero-order chi connectivity index (χ0) is 16.4. The Bertz CT molecular complexity index is 620. The fourth-order valence-corrected chi connectivity index (χ4v) is 3.40. The van der Waals surface area contributed by atoms with Gasteiger partial charge in [-0.15, -0.1) is 0 Å². The number of hydrogen-bond acceptors (Lipinski definition) is 3. The maximum absolute atomic E-state index is 13.3. The van der Waals surface area contributed by atoms with Crippen LogP contribution in [0.2, 0.25) is 0 Å². The molecule has 2 atom stereocenters. The number of anilines is 1. The Morgan fingerprint density at radius 1 is 1.39 bits per heavy atom. The van der Waals surface area contributed by atoms with Gasteiger partial charge in [-0.2, -0.15) is 0 Å². The van der Waals surface area contributed by atoms with E-state index in [4.69, 9.17) is 0 Å². The third-order valence-electron chi connectivity index (χ3n) is 4.58. The summed E-state index contributed by atoms with van der Waals surface area (Å²) in [4.78, 5) is 25.6. The van der Waals surface area contributed by atoms with Crippen molar-refractivity contribution in [3.63, 3.8) is 0 Å². The van der Waals surface area contributed by atoms with Crippen LogP contribution in [-0.4, -0.2) is 37.0 Å². The first-order valence-electron chi connectivity index (χ1n) is 8.14. The molecule has 5 nitrogen and oxygen atoms in total. The summed E-state index contributed by atoms with van der Waals surface area (Å²) >= 11 is 0. The van der Waals surface area contributed by atoms with E-state index in [9.17, 15) is 14.0 Å². The molecule has 1 aromatic rings. The number of amides is 2. The Kier molecular flexibility index (Phi) is 4.50. The number of nitrogens with one attached hydrogen (secondary N) is 2. The van der Waals surface area contributed by atoms with Gasteiger partial charge in [0, 0.05) is 31.2 Å². The molecular weight excluding hydrogens is 297 g/mol. The molecule has 0 bridgehead atoms. The van der Waals surface area contributed by atoms with Crippen LogP contribution in [0, 0.1) is 12.7 Å². The molecule has 0 unspecified atom stereocenters. The Balaban J connectivity index is 1.62. The predicted molar refractivity (Wildman–Crippen MR) is 85.7 cm³/mol. The minimum atomic E-state index is -0.398. The van der Waals surface area contributed by atoms with E-state index >= 15 is 0 Å². The smallest absolute Gasteiger partial charge is 0.242 e. The van der Waals surface area contributed by atoms with Crippen LogP contribution in [0.1, 0.15) is 31.2 Å². The summed E-state index contributed by atoms with van der Waals surface area (Å²) in [6.45, 7) is 3.51. The summed E-state index contributed by atoms with van der Waals surface area (Å²) in [5, 5.41) is 5.74. The van der Waals surface area contributed by atoms with Crippen LogP contribution in [0.15, 0.2) is 18.2 Å². The van der Waals surface area contributed by atoms with E-state index in [1.807, 2.05) is 6.92 Å². The van der Waals surface area contributed by atoms with Crippen LogP contribution >= 0.6 is 0 Å². The van der Waals surface area contributed by atoms with E-state index < -0.39 is 6.04 Å². The highest BCUT2D eigenvalue weighted by Crippen LogP contribution is 2.24. The zero-order valence-corrected chi connectivity index (χ0v) is 13.3. The van der Waals surface area contributed by atoms with Crippen molar-refractivity contribution in [1.29, 1.82) is 0 Å². The van der Waals surface area contributed by atoms with Crippen LogP contribution < -0.4 is 15.5 Å². The van der Waals surface area contributed by atoms with Gasteiger partial charge < -0.3 is 15.5 Å². The summed E-state index contributed by atoms with van der Waals surface area (Å²) in [6.07, 6.45) is 2.88. The molecule has 2 aliphatic rings. The fraction of sp³-hybridized carbons (Fsp3) is 0.529. The molecule has 0 aromatic heterocycles. The molecule has 0 spiro atoms. The topological polar surface area (TPSA) is 61.4 Å². The van der Waals surface area contributed by atoms with Gasteiger partial charge >= 0.3 is 0 Å². The van der Waals surface area contributed by atoms with Gasteiger partial charge in [0.15, 0.2) is 0 Å². The van der Waals surface area contributed by atoms with Gasteiger partial charge in [0.05, 0.1) is 0 Å². The molecule has 124 valence electrons. The average Bonchev–Trinajstić information content (AvgIpc) is 2.94. The Morgan fingerprint density at radius 2 is 2.22 bits per heavy atom. The fourth-order valence-electron chi connectivity index (χ4n) is 3.40. The number of rotatable bonds is 3. The number of piperidine rings is 1. The molecule has 6 heteroatoms.